The summed E-state index contributed by atoms with van der Waals surface area (Å²) in [5, 5.41) is 3.85. The molecule has 0 aromatic heterocycles. The smallest absolute Gasteiger partial charge is 0.220 e. The fourth-order valence-electron chi connectivity index (χ4n) is 1.45. The number of halogens is 1. The van der Waals surface area contributed by atoms with Gasteiger partial charge in [-0.05, 0) is 30.5 Å². The molecule has 1 aromatic rings. The number of ether oxygens (including phenoxy) is 1. The maximum absolute atomic E-state index is 11.5. The number of alkyl halides is 1. The van der Waals surface area contributed by atoms with Crippen LogP contribution in [0.4, 0.5) is 0 Å². The van der Waals surface area contributed by atoms with Crippen molar-refractivity contribution >= 4 is 21.8 Å². The van der Waals surface area contributed by atoms with E-state index in [2.05, 4.69) is 21.2 Å². The van der Waals surface area contributed by atoms with Gasteiger partial charge in [0.1, 0.15) is 5.75 Å². The van der Waals surface area contributed by atoms with E-state index in [1.165, 1.54) is 0 Å². The van der Waals surface area contributed by atoms with Crippen molar-refractivity contribution in [2.24, 2.45) is 0 Å². The summed E-state index contributed by atoms with van der Waals surface area (Å²) in [6.45, 7) is 0.560. The number of rotatable bonds is 7. The van der Waals surface area contributed by atoms with Crippen molar-refractivity contribution in [2.75, 3.05) is 12.4 Å². The number of hydrogen-bond donors (Lipinski definition) is 1. The molecule has 0 heterocycles. The molecule has 0 radical (unpaired) electrons. The first-order valence-corrected chi connectivity index (χ1v) is 6.84. The number of carbonyl (C=O) groups is 1. The van der Waals surface area contributed by atoms with Crippen LogP contribution < -0.4 is 10.1 Å². The summed E-state index contributed by atoms with van der Waals surface area (Å²) in [5.41, 5.74) is 1.05. The van der Waals surface area contributed by atoms with E-state index in [9.17, 15) is 4.79 Å². The number of methoxy groups -OCH3 is 1. The minimum atomic E-state index is 0.105. The number of unbranched alkanes of at least 4 members (excludes halogenated alkanes) is 1. The van der Waals surface area contributed by atoms with Crippen LogP contribution >= 0.6 is 15.9 Å². The lowest BCUT2D eigenvalue weighted by molar-refractivity contribution is -0.121. The molecule has 0 saturated heterocycles. The van der Waals surface area contributed by atoms with Crippen molar-refractivity contribution in [1.29, 1.82) is 0 Å². The van der Waals surface area contributed by atoms with Gasteiger partial charge in [-0.3, -0.25) is 4.79 Å². The van der Waals surface area contributed by atoms with Crippen LogP contribution in [0.3, 0.4) is 0 Å². The lowest BCUT2D eigenvalue weighted by Gasteiger charge is -2.06. The predicted octanol–water partition coefficient (Wildman–Crippen LogP) is 2.88. The Morgan fingerprint density at radius 3 is 2.94 bits per heavy atom. The van der Waals surface area contributed by atoms with E-state index in [0.29, 0.717) is 13.0 Å². The molecule has 0 aliphatic rings. The third-order valence-corrected chi connectivity index (χ3v) is 2.97. The summed E-state index contributed by atoms with van der Waals surface area (Å²) in [7, 11) is 1.64. The van der Waals surface area contributed by atoms with Gasteiger partial charge >= 0.3 is 0 Å². The van der Waals surface area contributed by atoms with E-state index in [4.69, 9.17) is 4.74 Å². The summed E-state index contributed by atoms with van der Waals surface area (Å²) >= 11 is 3.35. The van der Waals surface area contributed by atoms with Crippen molar-refractivity contribution in [2.45, 2.75) is 25.8 Å². The molecule has 0 saturated carbocycles. The Labute approximate surface area is 111 Å². The SMILES string of the molecule is COc1cccc(CNC(=O)CCCCBr)c1. The number of hydrogen-bond acceptors (Lipinski definition) is 2. The highest BCUT2D eigenvalue weighted by Gasteiger charge is 2.01. The first-order valence-electron chi connectivity index (χ1n) is 5.72. The number of carbonyl (C=O) groups excluding carboxylic acids is 1. The zero-order valence-electron chi connectivity index (χ0n) is 10.0. The molecule has 0 fully saturated rings. The van der Waals surface area contributed by atoms with E-state index in [0.717, 1.165) is 29.5 Å². The molecule has 17 heavy (non-hydrogen) atoms. The third kappa shape index (κ3) is 5.73. The Bertz CT molecular complexity index is 355. The van der Waals surface area contributed by atoms with Crippen LogP contribution in [-0.4, -0.2) is 18.3 Å². The molecule has 0 bridgehead atoms. The average Bonchev–Trinajstić information content (AvgIpc) is 2.37. The molecule has 1 amide bonds. The van der Waals surface area contributed by atoms with Crippen LogP contribution in [0.5, 0.6) is 5.75 Å². The zero-order valence-corrected chi connectivity index (χ0v) is 11.6. The van der Waals surface area contributed by atoms with Crippen LogP contribution in [0.1, 0.15) is 24.8 Å². The molecule has 4 heteroatoms. The van der Waals surface area contributed by atoms with E-state index < -0.39 is 0 Å². The molecule has 1 rings (SSSR count). The Morgan fingerprint density at radius 1 is 1.41 bits per heavy atom. The number of benzene rings is 1. The van der Waals surface area contributed by atoms with Gasteiger partial charge in [0.05, 0.1) is 7.11 Å². The summed E-state index contributed by atoms with van der Waals surface area (Å²) in [5.74, 6) is 0.921. The first kappa shape index (κ1) is 14.0. The number of nitrogens with one attached hydrogen (secondary N) is 1. The summed E-state index contributed by atoms with van der Waals surface area (Å²) in [4.78, 5) is 11.5. The van der Waals surface area contributed by atoms with Gasteiger partial charge in [-0.25, -0.2) is 0 Å². The van der Waals surface area contributed by atoms with Gasteiger partial charge in [0, 0.05) is 18.3 Å². The quantitative estimate of drug-likeness (QED) is 0.621. The van der Waals surface area contributed by atoms with Crippen molar-refractivity contribution in [3.05, 3.63) is 29.8 Å². The van der Waals surface area contributed by atoms with E-state index in [-0.39, 0.29) is 5.91 Å². The second kappa shape index (κ2) is 8.12. The molecular formula is C13H18BrNO2. The van der Waals surface area contributed by atoms with Crippen LogP contribution in [0.15, 0.2) is 24.3 Å². The Kier molecular flexibility index (Phi) is 6.70. The van der Waals surface area contributed by atoms with E-state index >= 15 is 0 Å². The highest BCUT2D eigenvalue weighted by Crippen LogP contribution is 2.12. The van der Waals surface area contributed by atoms with E-state index in [1.54, 1.807) is 7.11 Å². The number of amides is 1. The fraction of sp³-hybridized carbons (Fsp3) is 0.462. The topological polar surface area (TPSA) is 38.3 Å². The Balaban J connectivity index is 2.31. The van der Waals surface area contributed by atoms with Gasteiger partial charge in [0.25, 0.3) is 0 Å². The van der Waals surface area contributed by atoms with Gasteiger partial charge in [-0.2, -0.15) is 0 Å². The second-order valence-electron chi connectivity index (χ2n) is 3.77. The van der Waals surface area contributed by atoms with Crippen LogP contribution in [0.25, 0.3) is 0 Å². The molecule has 3 nitrogen and oxygen atoms in total. The molecular weight excluding hydrogens is 282 g/mol. The molecule has 0 atom stereocenters. The van der Waals surface area contributed by atoms with E-state index in [1.807, 2.05) is 24.3 Å². The third-order valence-electron chi connectivity index (χ3n) is 2.41. The molecule has 0 unspecified atom stereocenters. The fourth-order valence-corrected chi connectivity index (χ4v) is 1.85. The summed E-state index contributed by atoms with van der Waals surface area (Å²) < 4.78 is 5.12. The minimum Gasteiger partial charge on any atom is -0.497 e. The monoisotopic (exact) mass is 299 g/mol. The molecule has 1 aromatic carbocycles. The average molecular weight is 300 g/mol. The molecule has 0 aliphatic carbocycles. The van der Waals surface area contributed by atoms with Gasteiger partial charge in [-0.15, -0.1) is 0 Å². The van der Waals surface area contributed by atoms with Crippen molar-refractivity contribution in [3.63, 3.8) is 0 Å². The van der Waals surface area contributed by atoms with Crippen molar-refractivity contribution in [1.82, 2.24) is 5.32 Å². The lowest BCUT2D eigenvalue weighted by Crippen LogP contribution is -2.22. The van der Waals surface area contributed by atoms with Crippen LogP contribution in [-0.2, 0) is 11.3 Å². The molecule has 0 spiro atoms. The van der Waals surface area contributed by atoms with Gasteiger partial charge in [-0.1, -0.05) is 28.1 Å². The maximum atomic E-state index is 11.5. The molecule has 1 N–H and O–H groups in total. The van der Waals surface area contributed by atoms with Gasteiger partial charge in [0.15, 0.2) is 0 Å². The standard InChI is InChI=1S/C13H18BrNO2/c1-17-12-6-4-5-11(9-12)10-15-13(16)7-2-3-8-14/h4-6,9H,2-3,7-8,10H2,1H3,(H,15,16). The summed E-state index contributed by atoms with van der Waals surface area (Å²) in [6.07, 6.45) is 2.55. The molecule has 0 aliphatic heterocycles. The van der Waals surface area contributed by atoms with Crippen molar-refractivity contribution < 1.29 is 9.53 Å². The first-order chi connectivity index (χ1) is 8.26. The van der Waals surface area contributed by atoms with Gasteiger partial charge in [0.2, 0.25) is 5.91 Å². The Hall–Kier alpha value is -1.03. The predicted molar refractivity (Wildman–Crippen MR) is 72.5 cm³/mol. The van der Waals surface area contributed by atoms with Crippen molar-refractivity contribution in [3.8, 4) is 5.75 Å². The highest BCUT2D eigenvalue weighted by molar-refractivity contribution is 9.09. The summed E-state index contributed by atoms with van der Waals surface area (Å²) in [6, 6.07) is 7.71. The second-order valence-corrected chi connectivity index (χ2v) is 4.57. The van der Waals surface area contributed by atoms with Crippen LogP contribution in [0, 0.1) is 0 Å². The largest absolute Gasteiger partial charge is 0.497 e. The minimum absolute atomic E-state index is 0.105. The Morgan fingerprint density at radius 2 is 2.24 bits per heavy atom. The lowest BCUT2D eigenvalue weighted by atomic mass is 10.2. The van der Waals surface area contributed by atoms with Gasteiger partial charge < -0.3 is 10.1 Å². The maximum Gasteiger partial charge on any atom is 0.220 e. The van der Waals surface area contributed by atoms with Crippen LogP contribution in [0.2, 0.25) is 0 Å². The molecule has 94 valence electrons. The zero-order chi connectivity index (χ0) is 12.5. The normalized spacial score (nSPS) is 10.0. The highest BCUT2D eigenvalue weighted by atomic mass is 79.9.